The van der Waals surface area contributed by atoms with E-state index in [-0.39, 0.29) is 0 Å². The van der Waals surface area contributed by atoms with Gasteiger partial charge in [-0.05, 0) is 24.6 Å². The van der Waals surface area contributed by atoms with Crippen molar-refractivity contribution in [3.05, 3.63) is 29.8 Å². The molecule has 10 heavy (non-hydrogen) atoms. The lowest BCUT2D eigenvalue weighted by molar-refractivity contribution is -0.0979. The number of phenols is 1. The highest BCUT2D eigenvalue weighted by Crippen LogP contribution is 2.08. The van der Waals surface area contributed by atoms with Crippen molar-refractivity contribution in [2.45, 2.75) is 6.92 Å². The number of benzene rings is 1. The number of aryl methyl sites for hydroxylation is 1. The van der Waals surface area contributed by atoms with Crippen LogP contribution in [0.4, 0.5) is 0 Å². The third-order valence-corrected chi connectivity index (χ3v) is 1.00. The van der Waals surface area contributed by atoms with Gasteiger partial charge in [0.25, 0.3) is 0 Å². The Bertz CT molecular complexity index is 179. The first-order chi connectivity index (χ1) is 4.79. The summed E-state index contributed by atoms with van der Waals surface area (Å²) in [5.74, 6) is 0.338. The zero-order valence-corrected chi connectivity index (χ0v) is 5.87. The third-order valence-electron chi connectivity index (χ3n) is 1.00. The molecule has 2 heteroatoms. The summed E-state index contributed by atoms with van der Waals surface area (Å²) < 4.78 is 0. The van der Waals surface area contributed by atoms with E-state index in [1.54, 1.807) is 12.1 Å². The molecule has 0 bridgehead atoms. The topological polar surface area (TPSA) is 37.3 Å². The predicted molar refractivity (Wildman–Crippen MR) is 40.0 cm³/mol. The van der Waals surface area contributed by atoms with Crippen LogP contribution >= 0.6 is 0 Å². The molecule has 2 nitrogen and oxygen atoms in total. The summed E-state index contributed by atoms with van der Waals surface area (Å²) in [5, 5.41) is 8.81. The highest BCUT2D eigenvalue weighted by molar-refractivity contribution is 5.25. The monoisotopic (exact) mass is 138 g/mol. The predicted octanol–water partition coefficient (Wildman–Crippen LogP) is 1.52. The quantitative estimate of drug-likeness (QED) is 0.590. The molecule has 54 valence electrons. The maximum Gasteiger partial charge on any atom is 0.115 e. The van der Waals surface area contributed by atoms with Gasteiger partial charge in [-0.15, -0.1) is 0 Å². The van der Waals surface area contributed by atoms with E-state index in [0.717, 1.165) is 5.56 Å². The lowest BCUT2D eigenvalue weighted by atomic mass is 10.2. The Balaban J connectivity index is 0.000000371. The van der Waals surface area contributed by atoms with E-state index < -0.39 is 0 Å². The molecule has 0 aromatic heterocycles. The first-order valence-electron chi connectivity index (χ1n) is 2.83. The molecule has 0 saturated carbocycles. The van der Waals surface area contributed by atoms with Gasteiger partial charge in [-0.2, -0.15) is 0 Å². The fraction of sp³-hybridized carbons (Fsp3) is 0.125. The van der Waals surface area contributed by atoms with Crippen LogP contribution in [0.25, 0.3) is 0 Å². The van der Waals surface area contributed by atoms with E-state index >= 15 is 0 Å². The molecule has 0 amide bonds. The first kappa shape index (κ1) is 8.69. The van der Waals surface area contributed by atoms with Crippen molar-refractivity contribution in [2.75, 3.05) is 0 Å². The molecule has 0 heterocycles. The Morgan fingerprint density at radius 2 is 2.00 bits per heavy atom. The van der Waals surface area contributed by atoms with Crippen molar-refractivity contribution in [2.24, 2.45) is 0 Å². The molecule has 0 fully saturated rings. The fourth-order valence-corrected chi connectivity index (χ4v) is 0.628. The summed E-state index contributed by atoms with van der Waals surface area (Å²) in [5.41, 5.74) is 1.09. The Labute approximate surface area is 60.1 Å². The van der Waals surface area contributed by atoms with Crippen LogP contribution in [0.2, 0.25) is 0 Å². The van der Waals surface area contributed by atoms with Crippen LogP contribution in [0.3, 0.4) is 0 Å². The molecule has 0 aliphatic carbocycles. The molecule has 1 aromatic rings. The first-order valence-corrected chi connectivity index (χ1v) is 2.83. The van der Waals surface area contributed by atoms with E-state index in [0.29, 0.717) is 5.75 Å². The third kappa shape index (κ3) is 2.87. The fourth-order valence-electron chi connectivity index (χ4n) is 0.628. The van der Waals surface area contributed by atoms with Gasteiger partial charge in [0.05, 0.1) is 0 Å². The molecule has 1 N–H and O–H groups in total. The highest BCUT2D eigenvalue weighted by atomic mass is 16.3. The van der Waals surface area contributed by atoms with Gasteiger partial charge >= 0.3 is 0 Å². The Hall–Kier alpha value is -1.31. The summed E-state index contributed by atoms with van der Waals surface area (Å²) in [6, 6.07) is 7.15. The van der Waals surface area contributed by atoms with Crippen LogP contribution in [0.1, 0.15) is 5.56 Å². The summed E-state index contributed by atoms with van der Waals surface area (Å²) in [6.07, 6.45) is 0. The molecule has 0 radical (unpaired) electrons. The van der Waals surface area contributed by atoms with Crippen LogP contribution < -0.4 is 0 Å². The van der Waals surface area contributed by atoms with Crippen molar-refractivity contribution >= 4 is 6.79 Å². The minimum absolute atomic E-state index is 0.338. The summed E-state index contributed by atoms with van der Waals surface area (Å²) in [4.78, 5) is 8.00. The normalized spacial score (nSPS) is 7.70. The van der Waals surface area contributed by atoms with E-state index in [2.05, 4.69) is 0 Å². The SMILES string of the molecule is C=O.Cc1cccc(O)c1. The maximum absolute atomic E-state index is 8.81. The van der Waals surface area contributed by atoms with Gasteiger partial charge in [0, 0.05) is 0 Å². The number of rotatable bonds is 0. The lowest BCUT2D eigenvalue weighted by Crippen LogP contribution is -1.66. The van der Waals surface area contributed by atoms with Gasteiger partial charge in [-0.3, -0.25) is 0 Å². The second-order valence-electron chi connectivity index (χ2n) is 1.84. The standard InChI is InChI=1S/C7H8O.CH2O/c1-6-3-2-4-7(8)5-6;1-2/h2-5,8H,1H3;1H2. The van der Waals surface area contributed by atoms with Crippen LogP contribution in [-0.4, -0.2) is 11.9 Å². The number of hydrogen-bond donors (Lipinski definition) is 1. The number of carbonyl (C=O) groups excluding carboxylic acids is 1. The number of hydrogen-bond acceptors (Lipinski definition) is 2. The average molecular weight is 138 g/mol. The Morgan fingerprint density at radius 3 is 2.30 bits per heavy atom. The molecule has 0 saturated heterocycles. The molecule has 0 aliphatic heterocycles. The van der Waals surface area contributed by atoms with Crippen molar-refractivity contribution in [3.8, 4) is 5.75 Å². The minimum atomic E-state index is 0.338. The van der Waals surface area contributed by atoms with Crippen LogP contribution in [0, 0.1) is 6.92 Å². The zero-order chi connectivity index (χ0) is 7.98. The van der Waals surface area contributed by atoms with Crippen LogP contribution in [0.5, 0.6) is 5.75 Å². The van der Waals surface area contributed by atoms with Gasteiger partial charge in [-0.1, -0.05) is 12.1 Å². The smallest absolute Gasteiger partial charge is 0.115 e. The number of carbonyl (C=O) groups is 1. The summed E-state index contributed by atoms with van der Waals surface area (Å²) in [6.45, 7) is 3.94. The van der Waals surface area contributed by atoms with Crippen molar-refractivity contribution < 1.29 is 9.90 Å². The van der Waals surface area contributed by atoms with Crippen LogP contribution in [-0.2, 0) is 4.79 Å². The van der Waals surface area contributed by atoms with Gasteiger partial charge < -0.3 is 9.90 Å². The van der Waals surface area contributed by atoms with Crippen LogP contribution in [0.15, 0.2) is 24.3 Å². The molecule has 0 atom stereocenters. The van der Waals surface area contributed by atoms with E-state index in [9.17, 15) is 0 Å². The second-order valence-corrected chi connectivity index (χ2v) is 1.84. The summed E-state index contributed by atoms with van der Waals surface area (Å²) in [7, 11) is 0. The molecule has 0 unspecified atom stereocenters. The average Bonchev–Trinajstić information content (AvgIpc) is 1.91. The molecule has 0 spiro atoms. The lowest BCUT2D eigenvalue weighted by Gasteiger charge is -1.89. The minimum Gasteiger partial charge on any atom is -0.508 e. The van der Waals surface area contributed by atoms with Gasteiger partial charge in [0.1, 0.15) is 12.5 Å². The zero-order valence-electron chi connectivity index (χ0n) is 5.87. The number of phenolic OH excluding ortho intramolecular Hbond substituents is 1. The van der Waals surface area contributed by atoms with Gasteiger partial charge in [-0.25, -0.2) is 0 Å². The van der Waals surface area contributed by atoms with E-state index in [1.807, 2.05) is 25.8 Å². The van der Waals surface area contributed by atoms with E-state index in [4.69, 9.17) is 9.90 Å². The molecule has 1 aromatic carbocycles. The van der Waals surface area contributed by atoms with Crippen molar-refractivity contribution in [1.82, 2.24) is 0 Å². The molecule has 0 aliphatic rings. The molecular weight excluding hydrogens is 128 g/mol. The summed E-state index contributed by atoms with van der Waals surface area (Å²) >= 11 is 0. The van der Waals surface area contributed by atoms with Gasteiger partial charge in [0.15, 0.2) is 0 Å². The maximum atomic E-state index is 8.81. The largest absolute Gasteiger partial charge is 0.508 e. The van der Waals surface area contributed by atoms with Crippen molar-refractivity contribution in [3.63, 3.8) is 0 Å². The molecule has 1 rings (SSSR count). The number of aromatic hydroxyl groups is 1. The molecular formula is C8H10O2. The Morgan fingerprint density at radius 1 is 1.40 bits per heavy atom. The second kappa shape index (κ2) is 4.56. The van der Waals surface area contributed by atoms with E-state index in [1.165, 1.54) is 0 Å². The van der Waals surface area contributed by atoms with Gasteiger partial charge in [0.2, 0.25) is 0 Å². The van der Waals surface area contributed by atoms with Crippen molar-refractivity contribution in [1.29, 1.82) is 0 Å². The Kier molecular flexibility index (Phi) is 3.96. The highest BCUT2D eigenvalue weighted by Gasteiger charge is 1.83.